The van der Waals surface area contributed by atoms with Crippen molar-refractivity contribution in [3.8, 4) is 5.75 Å². The van der Waals surface area contributed by atoms with Crippen LogP contribution in [0.3, 0.4) is 0 Å². The maximum absolute atomic E-state index is 10.7. The molecule has 0 bridgehead atoms. The van der Waals surface area contributed by atoms with Crippen molar-refractivity contribution in [1.29, 1.82) is 0 Å². The van der Waals surface area contributed by atoms with Gasteiger partial charge in [0, 0.05) is 23.0 Å². The zero-order valence-corrected chi connectivity index (χ0v) is 12.8. The van der Waals surface area contributed by atoms with Crippen molar-refractivity contribution in [2.24, 2.45) is 0 Å². The summed E-state index contributed by atoms with van der Waals surface area (Å²) in [5.41, 5.74) is 0.924. The number of unbranched alkanes of at least 4 members (excludes halogenated alkanes) is 4. The van der Waals surface area contributed by atoms with Crippen LogP contribution in [0.5, 0.6) is 5.75 Å². The smallest absolute Gasteiger partial charge is 0.270 e. The number of ether oxygens (including phenoxy) is 1. The van der Waals surface area contributed by atoms with Gasteiger partial charge in [-0.05, 0) is 12.5 Å². The van der Waals surface area contributed by atoms with Crippen LogP contribution in [0.1, 0.15) is 44.6 Å². The molecule has 1 aromatic carbocycles. The molecule has 1 aromatic rings. The summed E-state index contributed by atoms with van der Waals surface area (Å²) < 4.78 is 5.69. The van der Waals surface area contributed by atoms with E-state index in [2.05, 4.69) is 22.9 Å². The maximum atomic E-state index is 10.7. The van der Waals surface area contributed by atoms with Crippen LogP contribution in [0.25, 0.3) is 0 Å². The quantitative estimate of drug-likeness (QED) is 0.282. The number of nitro groups is 1. The molecule has 0 spiro atoms. The fourth-order valence-electron chi connectivity index (χ4n) is 1.81. The van der Waals surface area contributed by atoms with E-state index in [9.17, 15) is 10.1 Å². The summed E-state index contributed by atoms with van der Waals surface area (Å²) in [6, 6.07) is 4.72. The van der Waals surface area contributed by atoms with Crippen molar-refractivity contribution < 1.29 is 9.66 Å². The van der Waals surface area contributed by atoms with Crippen LogP contribution < -0.4 is 4.74 Å². The number of hydrogen-bond acceptors (Lipinski definition) is 3. The highest BCUT2D eigenvalue weighted by Crippen LogP contribution is 2.26. The highest BCUT2D eigenvalue weighted by Gasteiger charge is 2.10. The number of nitrogens with zero attached hydrogens (tertiary/aromatic N) is 1. The average Bonchev–Trinajstić information content (AvgIpc) is 2.42. The van der Waals surface area contributed by atoms with E-state index in [-0.39, 0.29) is 10.6 Å². The van der Waals surface area contributed by atoms with E-state index in [1.807, 2.05) is 0 Å². The molecule has 0 amide bonds. The number of alkyl halides is 1. The Hall–Kier alpha value is -1.10. The van der Waals surface area contributed by atoms with Crippen LogP contribution in [0.15, 0.2) is 18.2 Å². The maximum Gasteiger partial charge on any atom is 0.270 e. The monoisotopic (exact) mass is 329 g/mol. The fourth-order valence-corrected chi connectivity index (χ4v) is 2.25. The molecule has 0 unspecified atom stereocenters. The molecule has 0 heterocycles. The number of non-ortho nitro benzene ring substituents is 1. The van der Waals surface area contributed by atoms with Crippen LogP contribution in [0.4, 0.5) is 5.69 Å². The molecule has 0 atom stereocenters. The normalized spacial score (nSPS) is 10.4. The minimum absolute atomic E-state index is 0.102. The number of benzene rings is 1. The van der Waals surface area contributed by atoms with Crippen molar-refractivity contribution in [2.45, 2.75) is 44.4 Å². The molecule has 0 saturated carbocycles. The zero-order valence-electron chi connectivity index (χ0n) is 11.2. The first-order chi connectivity index (χ1) is 9.19. The minimum Gasteiger partial charge on any atom is -0.493 e. The minimum atomic E-state index is -0.388. The first-order valence-electron chi connectivity index (χ1n) is 6.65. The van der Waals surface area contributed by atoms with Crippen LogP contribution >= 0.6 is 15.9 Å². The lowest BCUT2D eigenvalue weighted by Gasteiger charge is -2.09. The Morgan fingerprint density at radius 2 is 2.00 bits per heavy atom. The summed E-state index contributed by atoms with van der Waals surface area (Å²) in [6.45, 7) is 2.86. The molecule has 4 nitrogen and oxygen atoms in total. The molecule has 0 aliphatic carbocycles. The molecule has 1 rings (SSSR count). The van der Waals surface area contributed by atoms with Crippen LogP contribution in [-0.4, -0.2) is 11.5 Å². The van der Waals surface area contributed by atoms with Gasteiger partial charge in [0.25, 0.3) is 5.69 Å². The summed E-state index contributed by atoms with van der Waals surface area (Å²) in [7, 11) is 0. The third-order valence-electron chi connectivity index (χ3n) is 2.90. The van der Waals surface area contributed by atoms with Gasteiger partial charge in [0.15, 0.2) is 0 Å². The number of nitro benzene ring substituents is 1. The molecule has 0 aliphatic heterocycles. The summed E-state index contributed by atoms with van der Waals surface area (Å²) in [5.74, 6) is 0.734. The predicted molar refractivity (Wildman–Crippen MR) is 80.0 cm³/mol. The van der Waals surface area contributed by atoms with E-state index in [1.54, 1.807) is 12.1 Å². The second-order valence-electron chi connectivity index (χ2n) is 4.45. The molecule has 0 aromatic heterocycles. The van der Waals surface area contributed by atoms with Gasteiger partial charge in [-0.25, -0.2) is 0 Å². The Bertz CT molecular complexity index is 410. The first kappa shape index (κ1) is 16.0. The molecule has 106 valence electrons. The van der Waals surface area contributed by atoms with E-state index in [0.717, 1.165) is 17.7 Å². The molecular formula is C14H20BrNO3. The fraction of sp³-hybridized carbons (Fsp3) is 0.571. The Kier molecular flexibility index (Phi) is 7.48. The molecule has 5 heteroatoms. The van der Waals surface area contributed by atoms with Crippen molar-refractivity contribution in [2.75, 3.05) is 6.61 Å². The van der Waals surface area contributed by atoms with E-state index in [0.29, 0.717) is 11.9 Å². The lowest BCUT2D eigenvalue weighted by molar-refractivity contribution is -0.384. The number of halogens is 1. The van der Waals surface area contributed by atoms with Gasteiger partial charge in [0.05, 0.1) is 11.5 Å². The molecule has 0 radical (unpaired) electrons. The van der Waals surface area contributed by atoms with E-state index >= 15 is 0 Å². The van der Waals surface area contributed by atoms with Gasteiger partial charge in [-0.15, -0.1) is 0 Å². The highest BCUT2D eigenvalue weighted by molar-refractivity contribution is 9.08. The third-order valence-corrected chi connectivity index (χ3v) is 3.51. The first-order valence-corrected chi connectivity index (χ1v) is 7.77. The van der Waals surface area contributed by atoms with Crippen molar-refractivity contribution in [3.63, 3.8) is 0 Å². The van der Waals surface area contributed by atoms with Gasteiger partial charge < -0.3 is 4.74 Å². The summed E-state index contributed by atoms with van der Waals surface area (Å²) in [5, 5.41) is 11.2. The van der Waals surface area contributed by atoms with Crippen molar-refractivity contribution >= 4 is 21.6 Å². The summed E-state index contributed by atoms with van der Waals surface area (Å²) >= 11 is 3.33. The largest absolute Gasteiger partial charge is 0.493 e. The summed E-state index contributed by atoms with van der Waals surface area (Å²) in [6.07, 6.45) is 5.94. The van der Waals surface area contributed by atoms with E-state index in [4.69, 9.17) is 4.74 Å². The average molecular weight is 330 g/mol. The van der Waals surface area contributed by atoms with Gasteiger partial charge in [0.1, 0.15) is 5.75 Å². The molecular weight excluding hydrogens is 310 g/mol. The van der Waals surface area contributed by atoms with E-state index < -0.39 is 0 Å². The van der Waals surface area contributed by atoms with Crippen LogP contribution in [-0.2, 0) is 5.33 Å². The van der Waals surface area contributed by atoms with E-state index in [1.165, 1.54) is 31.7 Å². The van der Waals surface area contributed by atoms with Gasteiger partial charge in [-0.2, -0.15) is 0 Å². The lowest BCUT2D eigenvalue weighted by Crippen LogP contribution is -2.00. The Morgan fingerprint density at radius 3 is 2.63 bits per heavy atom. The Morgan fingerprint density at radius 1 is 1.26 bits per heavy atom. The SMILES string of the molecule is CCCCCCCOc1ccc([N+](=O)[O-])cc1CBr. The van der Waals surface area contributed by atoms with Gasteiger partial charge in [-0.3, -0.25) is 10.1 Å². The number of hydrogen-bond donors (Lipinski definition) is 0. The van der Waals surface area contributed by atoms with Crippen molar-refractivity contribution in [1.82, 2.24) is 0 Å². The number of rotatable bonds is 9. The second kappa shape index (κ2) is 8.91. The highest BCUT2D eigenvalue weighted by atomic mass is 79.9. The standard InChI is InChI=1S/C14H20BrNO3/c1-2-3-4-5-6-9-19-14-8-7-13(16(17)18)10-12(14)11-15/h7-8,10H,2-6,9,11H2,1H3. The van der Waals surface area contributed by atoms with Gasteiger partial charge in [0.2, 0.25) is 0 Å². The zero-order chi connectivity index (χ0) is 14.1. The molecule has 0 saturated heterocycles. The predicted octanol–water partition coefficient (Wildman–Crippen LogP) is 4.84. The van der Waals surface area contributed by atoms with Gasteiger partial charge in [-0.1, -0.05) is 48.5 Å². The third kappa shape index (κ3) is 5.59. The molecule has 19 heavy (non-hydrogen) atoms. The Balaban J connectivity index is 2.47. The molecule has 0 aliphatic rings. The molecule has 0 N–H and O–H groups in total. The second-order valence-corrected chi connectivity index (χ2v) is 5.01. The van der Waals surface area contributed by atoms with Crippen LogP contribution in [0.2, 0.25) is 0 Å². The summed E-state index contributed by atoms with van der Waals surface area (Å²) in [4.78, 5) is 10.3. The topological polar surface area (TPSA) is 52.4 Å². The lowest BCUT2D eigenvalue weighted by atomic mass is 10.1. The van der Waals surface area contributed by atoms with Gasteiger partial charge >= 0.3 is 0 Å². The van der Waals surface area contributed by atoms with Crippen LogP contribution in [0, 0.1) is 10.1 Å². The Labute approximate surface area is 122 Å². The van der Waals surface area contributed by atoms with Crippen molar-refractivity contribution in [3.05, 3.63) is 33.9 Å². The molecule has 0 fully saturated rings.